The van der Waals surface area contributed by atoms with E-state index in [1.54, 1.807) is 11.3 Å². The Labute approximate surface area is 163 Å². The lowest BCUT2D eigenvalue weighted by Gasteiger charge is -2.12. The molecule has 0 atom stereocenters. The fourth-order valence-corrected chi connectivity index (χ4v) is 3.11. The summed E-state index contributed by atoms with van der Waals surface area (Å²) in [5, 5.41) is 8.91. The number of hydrogen-bond donors (Lipinski definition) is 2. The second kappa shape index (κ2) is 14.0. The van der Waals surface area contributed by atoms with Gasteiger partial charge in [0.15, 0.2) is 5.96 Å². The quantitative estimate of drug-likeness (QED) is 0.245. The Morgan fingerprint density at radius 3 is 2.43 bits per heavy atom. The lowest BCUT2D eigenvalue weighted by molar-refractivity contribution is 0.389. The zero-order valence-corrected chi connectivity index (χ0v) is 18.2. The number of nitrogens with one attached hydrogen (secondary N) is 2. The summed E-state index contributed by atoms with van der Waals surface area (Å²) in [6, 6.07) is 2.16. The molecule has 6 heteroatoms. The van der Waals surface area contributed by atoms with Crippen LogP contribution < -0.4 is 10.6 Å². The molecule has 0 aliphatic rings. The van der Waals surface area contributed by atoms with Crippen molar-refractivity contribution in [1.29, 1.82) is 0 Å². The molecule has 1 rings (SSSR count). The largest absolute Gasteiger partial charge is 0.356 e. The van der Waals surface area contributed by atoms with E-state index in [-0.39, 0.29) is 24.0 Å². The first-order valence-corrected chi connectivity index (χ1v) is 9.13. The molecule has 0 saturated heterocycles. The van der Waals surface area contributed by atoms with Crippen LogP contribution in [-0.2, 0) is 6.54 Å². The summed E-state index contributed by atoms with van der Waals surface area (Å²) in [6.07, 6.45) is 6.48. The van der Waals surface area contributed by atoms with Crippen LogP contribution in [0.15, 0.2) is 16.4 Å². The van der Waals surface area contributed by atoms with Gasteiger partial charge in [-0.3, -0.25) is 4.99 Å². The van der Waals surface area contributed by atoms with E-state index in [0.29, 0.717) is 0 Å². The molecule has 0 unspecified atom stereocenters. The van der Waals surface area contributed by atoms with E-state index in [0.717, 1.165) is 19.0 Å². The van der Waals surface area contributed by atoms with Crippen LogP contribution in [-0.4, -0.2) is 45.1 Å². The van der Waals surface area contributed by atoms with Crippen molar-refractivity contribution in [3.63, 3.8) is 0 Å². The summed E-state index contributed by atoms with van der Waals surface area (Å²) in [7, 11) is 6.11. The maximum atomic E-state index is 4.28. The minimum absolute atomic E-state index is 0. The van der Waals surface area contributed by atoms with E-state index >= 15 is 0 Å². The molecule has 0 fully saturated rings. The van der Waals surface area contributed by atoms with Gasteiger partial charge >= 0.3 is 0 Å². The SMILES string of the molecule is CN=C(NCCCCCCCN(C)C)NCc1sccc1C.I. The molecule has 0 aliphatic heterocycles. The van der Waals surface area contributed by atoms with Gasteiger partial charge in [0.05, 0.1) is 6.54 Å². The van der Waals surface area contributed by atoms with Crippen molar-refractivity contribution in [2.24, 2.45) is 4.99 Å². The summed E-state index contributed by atoms with van der Waals surface area (Å²) >= 11 is 1.79. The third-order valence-electron chi connectivity index (χ3n) is 3.68. The number of hydrogen-bond acceptors (Lipinski definition) is 3. The second-order valence-electron chi connectivity index (χ2n) is 5.95. The molecule has 23 heavy (non-hydrogen) atoms. The zero-order valence-electron chi connectivity index (χ0n) is 15.0. The fraction of sp³-hybridized carbons (Fsp3) is 0.706. The highest BCUT2D eigenvalue weighted by atomic mass is 127. The summed E-state index contributed by atoms with van der Waals surface area (Å²) < 4.78 is 0. The predicted molar refractivity (Wildman–Crippen MR) is 114 cm³/mol. The maximum absolute atomic E-state index is 4.28. The highest BCUT2D eigenvalue weighted by Gasteiger charge is 2.01. The van der Waals surface area contributed by atoms with E-state index in [4.69, 9.17) is 0 Å². The normalized spacial score (nSPS) is 11.4. The highest BCUT2D eigenvalue weighted by Crippen LogP contribution is 2.14. The number of aryl methyl sites for hydroxylation is 1. The topological polar surface area (TPSA) is 39.7 Å². The average Bonchev–Trinajstić information content (AvgIpc) is 2.90. The van der Waals surface area contributed by atoms with Gasteiger partial charge in [-0.05, 0) is 57.4 Å². The van der Waals surface area contributed by atoms with Crippen molar-refractivity contribution in [1.82, 2.24) is 15.5 Å². The lowest BCUT2D eigenvalue weighted by atomic mass is 10.1. The summed E-state index contributed by atoms with van der Waals surface area (Å²) in [4.78, 5) is 7.91. The molecule has 0 aromatic carbocycles. The zero-order chi connectivity index (χ0) is 16.2. The Morgan fingerprint density at radius 1 is 1.13 bits per heavy atom. The minimum atomic E-state index is 0. The van der Waals surface area contributed by atoms with Gasteiger partial charge in [0, 0.05) is 18.5 Å². The summed E-state index contributed by atoms with van der Waals surface area (Å²) in [5.74, 6) is 0.903. The van der Waals surface area contributed by atoms with Gasteiger partial charge in [-0.15, -0.1) is 35.3 Å². The van der Waals surface area contributed by atoms with E-state index in [9.17, 15) is 0 Å². The molecule has 0 saturated carbocycles. The Balaban J connectivity index is 0.00000484. The average molecular weight is 452 g/mol. The standard InChI is InChI=1S/C17H32N4S.HI/c1-15-10-13-22-16(15)14-20-17(18-2)19-11-8-6-5-7-9-12-21(3)4;/h10,13H,5-9,11-12,14H2,1-4H3,(H2,18,19,20);1H. The van der Waals surface area contributed by atoms with Gasteiger partial charge in [0.2, 0.25) is 0 Å². The number of rotatable bonds is 10. The van der Waals surface area contributed by atoms with E-state index in [1.165, 1.54) is 49.1 Å². The number of halogens is 1. The number of aliphatic imine (C=N–C) groups is 1. The van der Waals surface area contributed by atoms with Crippen molar-refractivity contribution >= 4 is 41.3 Å². The van der Waals surface area contributed by atoms with Gasteiger partial charge in [-0.25, -0.2) is 0 Å². The molecule has 0 spiro atoms. The van der Waals surface area contributed by atoms with E-state index in [2.05, 4.69) is 53.0 Å². The number of unbranched alkanes of at least 4 members (excludes halogenated alkanes) is 4. The molecule has 2 N–H and O–H groups in total. The van der Waals surface area contributed by atoms with Crippen LogP contribution in [0.2, 0.25) is 0 Å². The number of nitrogens with zero attached hydrogens (tertiary/aromatic N) is 2. The summed E-state index contributed by atoms with van der Waals surface area (Å²) in [5.41, 5.74) is 1.35. The van der Waals surface area contributed by atoms with Crippen LogP contribution >= 0.6 is 35.3 Å². The predicted octanol–water partition coefficient (Wildman–Crippen LogP) is 3.85. The first-order chi connectivity index (χ1) is 10.6. The molecule has 4 nitrogen and oxygen atoms in total. The highest BCUT2D eigenvalue weighted by molar-refractivity contribution is 14.0. The van der Waals surface area contributed by atoms with Crippen LogP contribution in [0.3, 0.4) is 0 Å². The van der Waals surface area contributed by atoms with Crippen LogP contribution in [0.5, 0.6) is 0 Å². The van der Waals surface area contributed by atoms with E-state index < -0.39 is 0 Å². The maximum Gasteiger partial charge on any atom is 0.191 e. The molecular formula is C17H33IN4S. The van der Waals surface area contributed by atoms with Crippen LogP contribution in [0.1, 0.15) is 42.5 Å². The molecule has 0 radical (unpaired) electrons. The van der Waals surface area contributed by atoms with Gasteiger partial charge in [-0.2, -0.15) is 0 Å². The smallest absolute Gasteiger partial charge is 0.191 e. The Bertz CT molecular complexity index is 432. The van der Waals surface area contributed by atoms with Crippen molar-refractivity contribution in [2.45, 2.75) is 45.6 Å². The van der Waals surface area contributed by atoms with Gasteiger partial charge in [0.1, 0.15) is 0 Å². The van der Waals surface area contributed by atoms with Crippen LogP contribution in [0, 0.1) is 6.92 Å². The van der Waals surface area contributed by atoms with Crippen LogP contribution in [0.25, 0.3) is 0 Å². The lowest BCUT2D eigenvalue weighted by Crippen LogP contribution is -2.37. The van der Waals surface area contributed by atoms with Crippen molar-refractivity contribution in [2.75, 3.05) is 34.2 Å². The number of thiophene rings is 1. The first-order valence-electron chi connectivity index (χ1n) is 8.25. The Hall–Kier alpha value is -0.340. The van der Waals surface area contributed by atoms with Gasteiger partial charge in [-0.1, -0.05) is 19.3 Å². The Kier molecular flexibility index (Phi) is 13.8. The van der Waals surface area contributed by atoms with Gasteiger partial charge in [0.25, 0.3) is 0 Å². The molecular weight excluding hydrogens is 419 g/mol. The molecule has 1 aromatic rings. The monoisotopic (exact) mass is 452 g/mol. The molecule has 0 aliphatic carbocycles. The van der Waals surface area contributed by atoms with Crippen LogP contribution in [0.4, 0.5) is 0 Å². The van der Waals surface area contributed by atoms with Gasteiger partial charge < -0.3 is 15.5 Å². The molecule has 1 heterocycles. The Morgan fingerprint density at radius 2 is 1.83 bits per heavy atom. The molecule has 1 aromatic heterocycles. The molecule has 0 amide bonds. The second-order valence-corrected chi connectivity index (χ2v) is 6.95. The third-order valence-corrected chi connectivity index (χ3v) is 4.71. The molecule has 134 valence electrons. The van der Waals surface area contributed by atoms with E-state index in [1.807, 2.05) is 7.05 Å². The van der Waals surface area contributed by atoms with Crippen molar-refractivity contribution in [3.8, 4) is 0 Å². The number of guanidine groups is 1. The van der Waals surface area contributed by atoms with Crippen molar-refractivity contribution < 1.29 is 0 Å². The minimum Gasteiger partial charge on any atom is -0.356 e. The summed E-state index contributed by atoms with van der Waals surface area (Å²) in [6.45, 7) is 5.21. The van der Waals surface area contributed by atoms with Crippen molar-refractivity contribution in [3.05, 3.63) is 21.9 Å². The third kappa shape index (κ3) is 10.9. The fourth-order valence-electron chi connectivity index (χ4n) is 2.26. The molecule has 0 bridgehead atoms. The first kappa shape index (κ1) is 22.7.